The van der Waals surface area contributed by atoms with E-state index in [1.165, 1.54) is 22.3 Å². The summed E-state index contributed by atoms with van der Waals surface area (Å²) in [6.45, 7) is 7.79. The molecular formula is C29H38N2O2. The number of fused-ring (bicyclic) bond motifs is 4. The third-order valence-electron chi connectivity index (χ3n) is 9.68. The van der Waals surface area contributed by atoms with Gasteiger partial charge in [-0.1, -0.05) is 36.8 Å². The minimum atomic E-state index is -0.187. The van der Waals surface area contributed by atoms with Gasteiger partial charge in [-0.3, -0.25) is 9.69 Å². The molecule has 2 N–H and O–H groups in total. The SMILES string of the molecule is CC12CC(c3ccc(CN4CCNCC4)cc3)C3=C4CCC(=O)C=C4CCC3C1CCC2O. The topological polar surface area (TPSA) is 52.6 Å². The van der Waals surface area contributed by atoms with Crippen LogP contribution in [0.15, 0.2) is 47.1 Å². The number of allylic oxidation sites excluding steroid dienone is 4. The van der Waals surface area contributed by atoms with E-state index in [2.05, 4.69) is 41.4 Å². The number of aliphatic hydroxyl groups excluding tert-OH is 1. The van der Waals surface area contributed by atoms with Crippen molar-refractivity contribution in [1.29, 1.82) is 0 Å². The molecule has 176 valence electrons. The molecule has 1 saturated heterocycles. The van der Waals surface area contributed by atoms with Crippen LogP contribution in [0.2, 0.25) is 0 Å². The van der Waals surface area contributed by atoms with Crippen molar-refractivity contribution in [2.75, 3.05) is 26.2 Å². The molecule has 1 aliphatic heterocycles. The number of aliphatic hydroxyl groups is 1. The zero-order valence-electron chi connectivity index (χ0n) is 20.0. The maximum absolute atomic E-state index is 12.2. The first kappa shape index (κ1) is 21.8. The largest absolute Gasteiger partial charge is 0.393 e. The third-order valence-corrected chi connectivity index (χ3v) is 9.68. The molecule has 4 aliphatic carbocycles. The number of carbonyl (C=O) groups is 1. The van der Waals surface area contributed by atoms with Gasteiger partial charge < -0.3 is 10.4 Å². The standard InChI is InChI=1S/C29H38N2O2/c1-29-17-25(20-4-2-19(3-5-20)18-31-14-12-30-13-15-31)28-23-9-7-22(32)16-21(23)6-8-24(28)26(29)10-11-27(29)33/h2-5,16,24-27,30,33H,6-15,17-18H2,1H3. The Balaban J connectivity index is 1.36. The lowest BCUT2D eigenvalue weighted by Gasteiger charge is -2.52. The molecule has 3 fully saturated rings. The number of piperazine rings is 1. The molecule has 33 heavy (non-hydrogen) atoms. The Bertz CT molecular complexity index is 987. The molecule has 5 atom stereocenters. The smallest absolute Gasteiger partial charge is 0.156 e. The minimum absolute atomic E-state index is 0.00453. The molecule has 0 spiro atoms. The van der Waals surface area contributed by atoms with E-state index < -0.39 is 0 Å². The van der Waals surface area contributed by atoms with E-state index in [0.717, 1.165) is 71.2 Å². The summed E-state index contributed by atoms with van der Waals surface area (Å²) in [4.78, 5) is 14.7. The number of ketones is 1. The highest BCUT2D eigenvalue weighted by molar-refractivity contribution is 5.93. The van der Waals surface area contributed by atoms with Crippen LogP contribution in [0.25, 0.3) is 0 Å². The molecule has 0 aromatic heterocycles. The highest BCUT2D eigenvalue weighted by atomic mass is 16.3. The fourth-order valence-electron chi connectivity index (χ4n) is 7.91. The van der Waals surface area contributed by atoms with Gasteiger partial charge >= 0.3 is 0 Å². The molecule has 4 heteroatoms. The lowest BCUT2D eigenvalue weighted by molar-refractivity contribution is -0.114. The number of carbonyl (C=O) groups excluding carboxylic acids is 1. The molecule has 0 bridgehead atoms. The van der Waals surface area contributed by atoms with E-state index in [0.29, 0.717) is 30.0 Å². The van der Waals surface area contributed by atoms with Crippen LogP contribution in [0.5, 0.6) is 0 Å². The Morgan fingerprint density at radius 3 is 2.64 bits per heavy atom. The molecule has 1 heterocycles. The monoisotopic (exact) mass is 446 g/mol. The Hall–Kier alpha value is -1.75. The zero-order valence-corrected chi connectivity index (χ0v) is 20.0. The lowest BCUT2D eigenvalue weighted by atomic mass is 9.53. The predicted octanol–water partition coefficient (Wildman–Crippen LogP) is 4.35. The van der Waals surface area contributed by atoms with Gasteiger partial charge in [-0.15, -0.1) is 0 Å². The van der Waals surface area contributed by atoms with Crippen LogP contribution in [0.3, 0.4) is 0 Å². The van der Waals surface area contributed by atoms with E-state index in [4.69, 9.17) is 0 Å². The number of hydrogen-bond acceptors (Lipinski definition) is 4. The zero-order chi connectivity index (χ0) is 22.6. The van der Waals surface area contributed by atoms with Crippen LogP contribution < -0.4 is 5.32 Å². The second-order valence-electron chi connectivity index (χ2n) is 11.4. The van der Waals surface area contributed by atoms with Crippen LogP contribution in [-0.2, 0) is 11.3 Å². The van der Waals surface area contributed by atoms with E-state index >= 15 is 0 Å². The van der Waals surface area contributed by atoms with Gasteiger partial charge in [-0.2, -0.15) is 0 Å². The fourth-order valence-corrected chi connectivity index (χ4v) is 7.91. The summed E-state index contributed by atoms with van der Waals surface area (Å²) >= 11 is 0. The van der Waals surface area contributed by atoms with Crippen molar-refractivity contribution in [2.45, 2.75) is 70.4 Å². The Morgan fingerprint density at radius 2 is 1.85 bits per heavy atom. The molecule has 2 saturated carbocycles. The van der Waals surface area contributed by atoms with Crippen molar-refractivity contribution in [2.24, 2.45) is 17.3 Å². The number of benzene rings is 1. The highest BCUT2D eigenvalue weighted by Crippen LogP contribution is 2.63. The van der Waals surface area contributed by atoms with E-state index in [1.54, 1.807) is 5.57 Å². The van der Waals surface area contributed by atoms with Crippen molar-refractivity contribution in [1.82, 2.24) is 10.2 Å². The first-order valence-corrected chi connectivity index (χ1v) is 13.2. The molecule has 5 aliphatic rings. The van der Waals surface area contributed by atoms with Crippen molar-refractivity contribution < 1.29 is 9.90 Å². The summed E-state index contributed by atoms with van der Waals surface area (Å²) < 4.78 is 0. The number of nitrogens with zero attached hydrogens (tertiary/aromatic N) is 1. The van der Waals surface area contributed by atoms with Gasteiger partial charge in [-0.25, -0.2) is 0 Å². The predicted molar refractivity (Wildman–Crippen MR) is 131 cm³/mol. The first-order valence-electron chi connectivity index (χ1n) is 13.2. The molecule has 4 nitrogen and oxygen atoms in total. The third kappa shape index (κ3) is 3.75. The van der Waals surface area contributed by atoms with Gasteiger partial charge in [0, 0.05) is 45.1 Å². The maximum atomic E-state index is 12.2. The second kappa shape index (κ2) is 8.48. The van der Waals surface area contributed by atoms with Crippen LogP contribution >= 0.6 is 0 Å². The van der Waals surface area contributed by atoms with Crippen LogP contribution in [-0.4, -0.2) is 48.1 Å². The number of rotatable bonds is 3. The van der Waals surface area contributed by atoms with E-state index in [-0.39, 0.29) is 11.5 Å². The summed E-state index contributed by atoms with van der Waals surface area (Å²) in [5.41, 5.74) is 7.26. The molecular weight excluding hydrogens is 408 g/mol. The van der Waals surface area contributed by atoms with Crippen molar-refractivity contribution in [3.8, 4) is 0 Å². The van der Waals surface area contributed by atoms with Gasteiger partial charge in [0.1, 0.15) is 0 Å². The maximum Gasteiger partial charge on any atom is 0.156 e. The summed E-state index contributed by atoms with van der Waals surface area (Å²) in [5, 5.41) is 14.5. The minimum Gasteiger partial charge on any atom is -0.393 e. The van der Waals surface area contributed by atoms with Gasteiger partial charge in [0.15, 0.2) is 5.78 Å². The molecule has 1 aromatic carbocycles. The summed E-state index contributed by atoms with van der Waals surface area (Å²) in [5.74, 6) is 1.81. The summed E-state index contributed by atoms with van der Waals surface area (Å²) in [7, 11) is 0. The number of hydrogen-bond donors (Lipinski definition) is 2. The second-order valence-corrected chi connectivity index (χ2v) is 11.4. The Morgan fingerprint density at radius 1 is 1.06 bits per heavy atom. The van der Waals surface area contributed by atoms with Gasteiger partial charge in [0.25, 0.3) is 0 Å². The van der Waals surface area contributed by atoms with Crippen LogP contribution in [0.1, 0.15) is 68.9 Å². The van der Waals surface area contributed by atoms with Crippen LogP contribution in [0.4, 0.5) is 0 Å². The van der Waals surface area contributed by atoms with E-state index in [9.17, 15) is 9.90 Å². The Labute approximate surface area is 198 Å². The molecule has 6 rings (SSSR count). The molecule has 5 unspecified atom stereocenters. The quantitative estimate of drug-likeness (QED) is 0.725. The van der Waals surface area contributed by atoms with Gasteiger partial charge in [0.2, 0.25) is 0 Å². The molecule has 0 radical (unpaired) electrons. The van der Waals surface area contributed by atoms with Crippen molar-refractivity contribution in [3.05, 3.63) is 58.2 Å². The molecule has 1 aromatic rings. The average molecular weight is 447 g/mol. The summed E-state index contributed by atoms with van der Waals surface area (Å²) in [6.07, 6.45) is 8.64. The first-order chi connectivity index (χ1) is 16.0. The fraction of sp³-hybridized carbons (Fsp3) is 0.621. The normalized spacial score (nSPS) is 36.8. The van der Waals surface area contributed by atoms with Crippen molar-refractivity contribution >= 4 is 5.78 Å². The molecule has 0 amide bonds. The Kier molecular flexibility index (Phi) is 5.59. The van der Waals surface area contributed by atoms with Crippen molar-refractivity contribution in [3.63, 3.8) is 0 Å². The van der Waals surface area contributed by atoms with Gasteiger partial charge in [0.05, 0.1) is 6.10 Å². The van der Waals surface area contributed by atoms with E-state index in [1.807, 2.05) is 6.08 Å². The average Bonchev–Trinajstić information content (AvgIpc) is 3.13. The van der Waals surface area contributed by atoms with Crippen LogP contribution in [0, 0.1) is 17.3 Å². The highest BCUT2D eigenvalue weighted by Gasteiger charge is 2.56. The summed E-state index contributed by atoms with van der Waals surface area (Å²) in [6, 6.07) is 9.40. The van der Waals surface area contributed by atoms with Gasteiger partial charge in [-0.05, 0) is 84.1 Å². The number of nitrogens with one attached hydrogen (secondary N) is 1. The lowest BCUT2D eigenvalue weighted by Crippen LogP contribution is -2.45.